The van der Waals surface area contributed by atoms with Gasteiger partial charge in [-0.2, -0.15) is 5.26 Å². The van der Waals surface area contributed by atoms with Gasteiger partial charge < -0.3 is 15.7 Å². The van der Waals surface area contributed by atoms with Crippen molar-refractivity contribution in [2.75, 3.05) is 5.32 Å². The number of nitrogens with one attached hydrogen (secondary N) is 2. The fraction of sp³-hybridized carbons (Fsp3) is 0.267. The smallest absolute Gasteiger partial charge is 0.325 e. The number of rotatable bonds is 5. The highest BCUT2D eigenvalue weighted by Crippen LogP contribution is 2.19. The van der Waals surface area contributed by atoms with E-state index in [1.54, 1.807) is 6.07 Å². The Balaban J connectivity index is 2.88. The molecule has 6 heteroatoms. The Morgan fingerprint density at radius 2 is 1.90 bits per heavy atom. The average molecular weight is 287 g/mol. The summed E-state index contributed by atoms with van der Waals surface area (Å²) >= 11 is 0. The Bertz CT molecular complexity index is 609. The summed E-state index contributed by atoms with van der Waals surface area (Å²) in [7, 11) is 0. The summed E-state index contributed by atoms with van der Waals surface area (Å²) in [4.78, 5) is 22.5. The Labute approximate surface area is 123 Å². The molecule has 0 saturated carbocycles. The van der Waals surface area contributed by atoms with E-state index < -0.39 is 17.9 Å². The molecule has 6 nitrogen and oxygen atoms in total. The first-order valence-corrected chi connectivity index (χ1v) is 6.33. The van der Waals surface area contributed by atoms with Crippen molar-refractivity contribution >= 4 is 17.6 Å². The minimum Gasteiger partial charge on any atom is -0.480 e. The van der Waals surface area contributed by atoms with Crippen molar-refractivity contribution < 1.29 is 14.7 Å². The van der Waals surface area contributed by atoms with E-state index in [0.29, 0.717) is 0 Å². The summed E-state index contributed by atoms with van der Waals surface area (Å²) in [6.07, 6.45) is 1.28. The molecule has 0 spiro atoms. The molecule has 0 aliphatic carbocycles. The molecule has 0 fully saturated rings. The maximum Gasteiger partial charge on any atom is 0.325 e. The average Bonchev–Trinajstić information content (AvgIpc) is 2.42. The SMILES string of the molecule is Cc1cccc(C)c1N/C=C(/C#N)C(=O)NC(C)C(=O)O. The van der Waals surface area contributed by atoms with Crippen LogP contribution in [0.4, 0.5) is 5.69 Å². The summed E-state index contributed by atoms with van der Waals surface area (Å²) in [5.41, 5.74) is 2.57. The Kier molecular flexibility index (Phi) is 5.49. The van der Waals surface area contributed by atoms with Crippen LogP contribution < -0.4 is 10.6 Å². The summed E-state index contributed by atoms with van der Waals surface area (Å²) in [5, 5.41) is 22.9. The third kappa shape index (κ3) is 4.35. The quantitative estimate of drug-likeness (QED) is 0.565. The minimum absolute atomic E-state index is 0.189. The van der Waals surface area contributed by atoms with Gasteiger partial charge in [0, 0.05) is 11.9 Å². The number of anilines is 1. The predicted molar refractivity (Wildman–Crippen MR) is 78.5 cm³/mol. The maximum absolute atomic E-state index is 11.8. The number of carboxylic acid groups (broad SMARTS) is 1. The van der Waals surface area contributed by atoms with Gasteiger partial charge in [-0.15, -0.1) is 0 Å². The zero-order valence-corrected chi connectivity index (χ0v) is 12.1. The van der Waals surface area contributed by atoms with Crippen molar-refractivity contribution in [3.63, 3.8) is 0 Å². The molecule has 3 N–H and O–H groups in total. The van der Waals surface area contributed by atoms with Gasteiger partial charge in [-0.3, -0.25) is 9.59 Å². The first-order chi connectivity index (χ1) is 9.86. The molecule has 0 heterocycles. The van der Waals surface area contributed by atoms with Crippen molar-refractivity contribution in [3.05, 3.63) is 41.1 Å². The molecule has 1 atom stereocenters. The number of para-hydroxylation sites is 1. The van der Waals surface area contributed by atoms with Crippen molar-refractivity contribution in [1.29, 1.82) is 5.26 Å². The maximum atomic E-state index is 11.8. The zero-order chi connectivity index (χ0) is 16.0. The van der Waals surface area contributed by atoms with E-state index in [9.17, 15) is 9.59 Å². The topological polar surface area (TPSA) is 102 Å². The van der Waals surface area contributed by atoms with Crippen molar-refractivity contribution in [2.45, 2.75) is 26.8 Å². The number of carbonyl (C=O) groups is 2. The molecule has 0 radical (unpaired) electrons. The Hall–Kier alpha value is -2.81. The Morgan fingerprint density at radius 3 is 2.38 bits per heavy atom. The summed E-state index contributed by atoms with van der Waals surface area (Å²) in [6, 6.07) is 6.41. The second kappa shape index (κ2) is 7.10. The van der Waals surface area contributed by atoms with Crippen LogP contribution in [0.1, 0.15) is 18.1 Å². The van der Waals surface area contributed by atoms with Gasteiger partial charge in [0.05, 0.1) is 0 Å². The molecular weight excluding hydrogens is 270 g/mol. The molecule has 1 unspecified atom stereocenters. The second-order valence-corrected chi connectivity index (χ2v) is 4.61. The molecule has 110 valence electrons. The van der Waals surface area contributed by atoms with Gasteiger partial charge in [-0.1, -0.05) is 18.2 Å². The molecule has 1 aromatic carbocycles. The first-order valence-electron chi connectivity index (χ1n) is 6.33. The largest absolute Gasteiger partial charge is 0.480 e. The number of carboxylic acids is 1. The number of carbonyl (C=O) groups excluding carboxylic acids is 1. The lowest BCUT2D eigenvalue weighted by Crippen LogP contribution is -2.39. The number of nitrogens with zero attached hydrogens (tertiary/aromatic N) is 1. The first kappa shape index (κ1) is 16.2. The normalized spacial score (nSPS) is 12.2. The number of aliphatic carboxylic acids is 1. The third-order valence-corrected chi connectivity index (χ3v) is 2.93. The van der Waals surface area contributed by atoms with E-state index in [2.05, 4.69) is 10.6 Å². The lowest BCUT2D eigenvalue weighted by atomic mass is 10.1. The number of benzene rings is 1. The lowest BCUT2D eigenvalue weighted by Gasteiger charge is -2.11. The lowest BCUT2D eigenvalue weighted by molar-refractivity contribution is -0.140. The van der Waals surface area contributed by atoms with Gasteiger partial charge in [0.1, 0.15) is 17.7 Å². The van der Waals surface area contributed by atoms with E-state index in [-0.39, 0.29) is 5.57 Å². The number of nitriles is 1. The summed E-state index contributed by atoms with van der Waals surface area (Å²) in [5.74, 6) is -1.89. The van der Waals surface area contributed by atoms with Crippen LogP contribution in [0.25, 0.3) is 0 Å². The van der Waals surface area contributed by atoms with Crippen molar-refractivity contribution in [3.8, 4) is 6.07 Å². The third-order valence-electron chi connectivity index (χ3n) is 2.93. The van der Waals surface area contributed by atoms with E-state index >= 15 is 0 Å². The highest BCUT2D eigenvalue weighted by molar-refractivity contribution is 5.99. The molecule has 1 aromatic rings. The van der Waals surface area contributed by atoms with Crippen LogP contribution in [0.15, 0.2) is 30.0 Å². The standard InChI is InChI=1S/C15H17N3O3/c1-9-5-4-6-10(2)13(9)17-8-12(7-16)14(19)18-11(3)15(20)21/h4-6,8,11,17H,1-3H3,(H,18,19)(H,20,21)/b12-8-. The zero-order valence-electron chi connectivity index (χ0n) is 12.1. The number of hydrogen-bond acceptors (Lipinski definition) is 4. The number of hydrogen-bond donors (Lipinski definition) is 3. The fourth-order valence-electron chi connectivity index (χ4n) is 1.67. The summed E-state index contributed by atoms with van der Waals surface area (Å²) < 4.78 is 0. The molecule has 0 bridgehead atoms. The van der Waals surface area contributed by atoms with Gasteiger partial charge in [-0.25, -0.2) is 0 Å². The van der Waals surface area contributed by atoms with Gasteiger partial charge in [0.2, 0.25) is 0 Å². The van der Waals surface area contributed by atoms with Crippen molar-refractivity contribution in [2.24, 2.45) is 0 Å². The van der Waals surface area contributed by atoms with Gasteiger partial charge in [0.15, 0.2) is 0 Å². The van der Waals surface area contributed by atoms with Crippen LogP contribution in [0.5, 0.6) is 0 Å². The molecule has 0 aliphatic heterocycles. The van der Waals surface area contributed by atoms with E-state index in [0.717, 1.165) is 16.8 Å². The van der Waals surface area contributed by atoms with Gasteiger partial charge in [-0.05, 0) is 31.9 Å². The minimum atomic E-state index is -1.16. The fourth-order valence-corrected chi connectivity index (χ4v) is 1.67. The number of aryl methyl sites for hydroxylation is 2. The molecule has 0 aromatic heterocycles. The molecule has 0 saturated heterocycles. The van der Waals surface area contributed by atoms with Crippen LogP contribution in [-0.4, -0.2) is 23.0 Å². The highest BCUT2D eigenvalue weighted by atomic mass is 16.4. The van der Waals surface area contributed by atoms with Crippen LogP contribution in [0.3, 0.4) is 0 Å². The molecule has 21 heavy (non-hydrogen) atoms. The van der Waals surface area contributed by atoms with Crippen LogP contribution in [-0.2, 0) is 9.59 Å². The molecule has 1 amide bonds. The van der Waals surface area contributed by atoms with Gasteiger partial charge in [0.25, 0.3) is 5.91 Å². The van der Waals surface area contributed by atoms with Crippen LogP contribution >= 0.6 is 0 Å². The molecular formula is C15H17N3O3. The predicted octanol–water partition coefficient (Wildman–Crippen LogP) is 1.71. The molecule has 0 aliphatic rings. The van der Waals surface area contributed by atoms with Crippen molar-refractivity contribution in [1.82, 2.24) is 5.32 Å². The van der Waals surface area contributed by atoms with Crippen LogP contribution in [0, 0.1) is 25.2 Å². The molecule has 1 rings (SSSR count). The van der Waals surface area contributed by atoms with E-state index in [1.807, 2.05) is 32.0 Å². The second-order valence-electron chi connectivity index (χ2n) is 4.61. The monoisotopic (exact) mass is 287 g/mol. The van der Waals surface area contributed by atoms with Crippen LogP contribution in [0.2, 0.25) is 0 Å². The summed E-state index contributed by atoms with van der Waals surface area (Å²) in [6.45, 7) is 5.14. The highest BCUT2D eigenvalue weighted by Gasteiger charge is 2.17. The number of amides is 1. The van der Waals surface area contributed by atoms with E-state index in [4.69, 9.17) is 10.4 Å². The van der Waals surface area contributed by atoms with Gasteiger partial charge >= 0.3 is 5.97 Å². The van der Waals surface area contributed by atoms with E-state index in [1.165, 1.54) is 13.1 Å². The Morgan fingerprint density at radius 1 is 1.33 bits per heavy atom.